The molecule has 0 aliphatic carbocycles. The molecule has 3 rings (SSSR count). The van der Waals surface area contributed by atoms with E-state index in [0.717, 1.165) is 11.9 Å². The van der Waals surface area contributed by atoms with Crippen LogP contribution in [0.1, 0.15) is 44.4 Å². The Morgan fingerprint density at radius 1 is 1.07 bits per heavy atom. The number of urea groups is 1. The Morgan fingerprint density at radius 2 is 1.71 bits per heavy atom. The van der Waals surface area contributed by atoms with Crippen LogP contribution in [0.2, 0.25) is 0 Å². The van der Waals surface area contributed by atoms with Gasteiger partial charge >= 0.3 is 18.1 Å². The van der Waals surface area contributed by atoms with Crippen molar-refractivity contribution in [3.05, 3.63) is 71.3 Å². The van der Waals surface area contributed by atoms with Crippen LogP contribution in [0.15, 0.2) is 54.6 Å². The standard InChI is InChI=1S/C28H34N6O7/c1-17(35)33(34-24(36)21(31-26(34)38)14-18-10-12-20(13-11-18)23(29)30)15-22(25(37)41-28(2,3)4)32-27(39)40-16-19-8-6-5-7-9-19/h5-13,21-22H,14-16H2,1-4H3,(H3,29,30)(H,31,38)(H,32,39). The highest BCUT2D eigenvalue weighted by molar-refractivity contribution is 6.05. The quantitative estimate of drug-likeness (QED) is 0.145. The molecule has 5 N–H and O–H groups in total. The monoisotopic (exact) mass is 566 g/mol. The molecule has 41 heavy (non-hydrogen) atoms. The van der Waals surface area contributed by atoms with Gasteiger partial charge in [-0.25, -0.2) is 19.4 Å². The first kappa shape index (κ1) is 30.6. The summed E-state index contributed by atoms with van der Waals surface area (Å²) in [5.74, 6) is -2.46. The summed E-state index contributed by atoms with van der Waals surface area (Å²) in [6.07, 6.45) is -0.859. The number of rotatable bonds is 10. The number of nitrogens with one attached hydrogen (secondary N) is 3. The molecule has 2 aromatic rings. The maximum Gasteiger partial charge on any atom is 0.408 e. The highest BCUT2D eigenvalue weighted by atomic mass is 16.6. The third-order valence-corrected chi connectivity index (χ3v) is 5.86. The smallest absolute Gasteiger partial charge is 0.408 e. The Balaban J connectivity index is 1.76. The van der Waals surface area contributed by atoms with Gasteiger partial charge in [0.2, 0.25) is 5.91 Å². The van der Waals surface area contributed by atoms with Gasteiger partial charge in [-0.2, -0.15) is 5.01 Å². The first-order chi connectivity index (χ1) is 19.2. The third-order valence-electron chi connectivity index (χ3n) is 5.86. The Bertz CT molecular complexity index is 1310. The van der Waals surface area contributed by atoms with Gasteiger partial charge in [-0.05, 0) is 31.9 Å². The summed E-state index contributed by atoms with van der Waals surface area (Å²) in [4.78, 5) is 64.4. The Morgan fingerprint density at radius 3 is 2.27 bits per heavy atom. The predicted molar refractivity (Wildman–Crippen MR) is 147 cm³/mol. The second-order valence-corrected chi connectivity index (χ2v) is 10.4. The summed E-state index contributed by atoms with van der Waals surface area (Å²) in [5, 5.41) is 13.8. The first-order valence-electron chi connectivity index (χ1n) is 12.8. The fourth-order valence-corrected chi connectivity index (χ4v) is 3.93. The highest BCUT2D eigenvalue weighted by Gasteiger charge is 2.44. The minimum absolute atomic E-state index is 0.0772. The van der Waals surface area contributed by atoms with E-state index in [-0.39, 0.29) is 18.9 Å². The number of imide groups is 1. The fraction of sp³-hybridized carbons (Fsp3) is 0.357. The lowest BCUT2D eigenvalue weighted by molar-refractivity contribution is -0.163. The average Bonchev–Trinajstić information content (AvgIpc) is 3.17. The molecule has 1 saturated heterocycles. The number of hydrazine groups is 1. The van der Waals surface area contributed by atoms with Gasteiger partial charge in [0.25, 0.3) is 5.91 Å². The molecule has 0 aromatic heterocycles. The van der Waals surface area contributed by atoms with Gasteiger partial charge in [0.05, 0.1) is 6.54 Å². The van der Waals surface area contributed by atoms with Gasteiger partial charge in [0.1, 0.15) is 30.1 Å². The number of amidine groups is 1. The highest BCUT2D eigenvalue weighted by Crippen LogP contribution is 2.17. The van der Waals surface area contributed by atoms with E-state index < -0.39 is 54.1 Å². The molecule has 0 radical (unpaired) electrons. The second-order valence-electron chi connectivity index (χ2n) is 10.4. The topological polar surface area (TPSA) is 184 Å². The molecule has 1 aliphatic heterocycles. The van der Waals surface area contributed by atoms with Gasteiger partial charge in [-0.15, -0.1) is 0 Å². The van der Waals surface area contributed by atoms with Crippen LogP contribution in [-0.2, 0) is 36.9 Å². The lowest BCUT2D eigenvalue weighted by atomic mass is 10.0. The zero-order valence-corrected chi connectivity index (χ0v) is 23.3. The largest absolute Gasteiger partial charge is 0.458 e. The molecule has 2 atom stereocenters. The zero-order chi connectivity index (χ0) is 30.3. The van der Waals surface area contributed by atoms with Crippen molar-refractivity contribution in [3.8, 4) is 0 Å². The van der Waals surface area contributed by atoms with E-state index in [9.17, 15) is 24.0 Å². The van der Waals surface area contributed by atoms with Crippen molar-refractivity contribution >= 4 is 35.7 Å². The van der Waals surface area contributed by atoms with Crippen molar-refractivity contribution in [1.29, 1.82) is 5.41 Å². The molecule has 1 aliphatic rings. The first-order valence-corrected chi connectivity index (χ1v) is 12.8. The van der Waals surface area contributed by atoms with E-state index in [1.807, 2.05) is 6.07 Å². The summed E-state index contributed by atoms with van der Waals surface area (Å²) < 4.78 is 10.6. The molecular weight excluding hydrogens is 532 g/mol. The van der Waals surface area contributed by atoms with Crippen molar-refractivity contribution in [2.45, 2.75) is 58.4 Å². The number of benzene rings is 2. The zero-order valence-electron chi connectivity index (χ0n) is 23.3. The van der Waals surface area contributed by atoms with Crippen molar-refractivity contribution in [1.82, 2.24) is 20.7 Å². The van der Waals surface area contributed by atoms with Crippen LogP contribution >= 0.6 is 0 Å². The number of nitrogens with zero attached hydrogens (tertiary/aromatic N) is 2. The number of alkyl carbamates (subject to hydrolysis) is 1. The van der Waals surface area contributed by atoms with Gasteiger partial charge in [-0.3, -0.25) is 15.0 Å². The van der Waals surface area contributed by atoms with E-state index >= 15 is 0 Å². The van der Waals surface area contributed by atoms with Crippen LogP contribution in [-0.4, -0.2) is 70.0 Å². The molecule has 1 heterocycles. The molecule has 0 spiro atoms. The van der Waals surface area contributed by atoms with Crippen LogP contribution in [0.25, 0.3) is 0 Å². The number of nitrogen functional groups attached to an aromatic ring is 1. The van der Waals surface area contributed by atoms with Crippen LogP contribution in [0.5, 0.6) is 0 Å². The minimum atomic E-state index is -1.47. The number of amides is 5. The molecular formula is C28H34N6O7. The van der Waals surface area contributed by atoms with Crippen molar-refractivity contribution in [3.63, 3.8) is 0 Å². The Labute approximate surface area is 237 Å². The molecule has 5 amide bonds. The van der Waals surface area contributed by atoms with E-state index in [1.54, 1.807) is 69.3 Å². The average molecular weight is 567 g/mol. The summed E-state index contributed by atoms with van der Waals surface area (Å²) in [5.41, 5.74) is 6.44. The Kier molecular flexibility index (Phi) is 9.66. The van der Waals surface area contributed by atoms with Gasteiger partial charge in [0, 0.05) is 18.9 Å². The molecule has 13 nitrogen and oxygen atoms in total. The summed E-state index contributed by atoms with van der Waals surface area (Å²) >= 11 is 0. The molecule has 13 heteroatoms. The van der Waals surface area contributed by atoms with E-state index in [4.69, 9.17) is 20.6 Å². The number of ether oxygens (including phenoxy) is 2. The van der Waals surface area contributed by atoms with Gasteiger partial charge < -0.3 is 25.8 Å². The van der Waals surface area contributed by atoms with Crippen LogP contribution in [0, 0.1) is 5.41 Å². The number of nitrogens with two attached hydrogens (primary N) is 1. The maximum atomic E-state index is 13.3. The van der Waals surface area contributed by atoms with E-state index in [0.29, 0.717) is 21.7 Å². The molecule has 1 fully saturated rings. The summed E-state index contributed by atoms with van der Waals surface area (Å²) in [7, 11) is 0. The van der Waals surface area contributed by atoms with Crippen LogP contribution < -0.4 is 16.4 Å². The second kappa shape index (κ2) is 12.9. The van der Waals surface area contributed by atoms with Crippen molar-refractivity contribution < 1.29 is 33.4 Å². The molecule has 0 saturated carbocycles. The van der Waals surface area contributed by atoms with Crippen LogP contribution in [0.3, 0.4) is 0 Å². The van der Waals surface area contributed by atoms with Crippen LogP contribution in [0.4, 0.5) is 9.59 Å². The number of carbonyl (C=O) groups excluding carboxylic acids is 5. The van der Waals surface area contributed by atoms with Gasteiger partial charge in [0.15, 0.2) is 0 Å². The summed E-state index contributed by atoms with van der Waals surface area (Å²) in [6.45, 7) is 5.35. The normalized spacial score (nSPS) is 15.5. The molecule has 218 valence electrons. The Hall–Kier alpha value is -4.94. The fourth-order valence-electron chi connectivity index (χ4n) is 3.93. The third kappa shape index (κ3) is 8.52. The van der Waals surface area contributed by atoms with E-state index in [1.165, 1.54) is 0 Å². The van der Waals surface area contributed by atoms with E-state index in [2.05, 4.69) is 10.6 Å². The lowest BCUT2D eigenvalue weighted by Crippen LogP contribution is -2.57. The van der Waals surface area contributed by atoms with Gasteiger partial charge in [-0.1, -0.05) is 54.6 Å². The maximum absolute atomic E-state index is 13.3. The molecule has 2 aromatic carbocycles. The van der Waals surface area contributed by atoms with Crippen molar-refractivity contribution in [2.75, 3.05) is 6.54 Å². The SMILES string of the molecule is CC(=O)N(CC(NC(=O)OCc1ccccc1)C(=O)OC(C)(C)C)N1C(=O)NC(Cc2ccc(C(=N)N)cc2)C1=O. The predicted octanol–water partition coefficient (Wildman–Crippen LogP) is 1.83. The lowest BCUT2D eigenvalue weighted by Gasteiger charge is -2.32. The summed E-state index contributed by atoms with van der Waals surface area (Å²) in [6, 6.07) is 12.1. The minimum Gasteiger partial charge on any atom is -0.458 e. The number of hydrogen-bond acceptors (Lipinski definition) is 8. The number of hydrogen-bond donors (Lipinski definition) is 4. The number of carbonyl (C=O) groups is 5. The van der Waals surface area contributed by atoms with Crippen molar-refractivity contribution in [2.24, 2.45) is 5.73 Å². The molecule has 0 bridgehead atoms. The molecule has 2 unspecified atom stereocenters. The number of esters is 1.